The second-order valence-electron chi connectivity index (χ2n) is 0.250. The minimum atomic E-state index is -3.63. The molecule has 0 saturated heterocycles. The topological polar surface area (TPSA) is 63.2 Å². The van der Waals surface area contributed by atoms with Gasteiger partial charge in [0.1, 0.15) is 0 Å². The molecule has 0 atom stereocenters. The van der Waals surface area contributed by atoms with E-state index in [2.05, 4.69) is 0 Å². The Hall–Kier alpha value is 0.201. The summed E-state index contributed by atoms with van der Waals surface area (Å²) >= 11 is 0. The first-order chi connectivity index (χ1) is 1.73. The zero-order chi connectivity index (χ0) is 3.58. The summed E-state index contributed by atoms with van der Waals surface area (Å²) in [5.41, 5.74) is 0. The van der Waals surface area contributed by atoms with Crippen LogP contribution in [-0.4, -0.2) is 9.17 Å². The van der Waals surface area contributed by atoms with E-state index in [4.69, 9.17) is 14.1 Å². The van der Waals surface area contributed by atoms with Crippen LogP contribution in [0.3, 0.4) is 0 Å². The Morgan fingerprint density at radius 1 is 1.40 bits per heavy atom. The summed E-state index contributed by atoms with van der Waals surface area (Å²) in [6.45, 7) is 0. The normalized spacial score (nSPS) is 4.80. The van der Waals surface area contributed by atoms with Crippen molar-refractivity contribution in [2.24, 2.45) is 0 Å². The van der Waals surface area contributed by atoms with Crippen LogP contribution < -0.4 is 9.59 Å². The first kappa shape index (κ1) is 8.96. The molecule has 5 heavy (non-hydrogen) atoms. The molecule has 0 saturated carbocycles. The van der Waals surface area contributed by atoms with Gasteiger partial charge in [0.25, 0.3) is 0 Å². The first-order valence-electron chi connectivity index (χ1n) is 0.612. The van der Waals surface area contributed by atoms with Crippen molar-refractivity contribution >= 4 is 9.17 Å². The summed E-state index contributed by atoms with van der Waals surface area (Å²) in [6.07, 6.45) is 0. The van der Waals surface area contributed by atoms with Crippen LogP contribution >= 0.6 is 0 Å². The minimum Gasteiger partial charge on any atom is -0.672 e. The van der Waals surface area contributed by atoms with Crippen LogP contribution in [-0.2, 0) is 23.0 Å². The van der Waals surface area contributed by atoms with Gasteiger partial charge in [-0.05, 0) is 0 Å². The molecule has 0 aromatic heterocycles. The maximum absolute atomic E-state index is 8.52. The third kappa shape index (κ3) is 502. The molecule has 0 fully saturated rings. The fourth-order valence-corrected chi connectivity index (χ4v) is 0. The smallest absolute Gasteiger partial charge is 0.672 e. The molecule has 0 heterocycles. The molecule has 0 rings (SSSR count). The number of hydrogen-bond donors (Lipinski definition) is 0. The van der Waals surface area contributed by atoms with Gasteiger partial charge >= 0.3 is 18.6 Å². The Morgan fingerprint density at radius 3 is 1.40 bits per heavy atom. The van der Waals surface area contributed by atoms with Gasteiger partial charge in [0.2, 0.25) is 0 Å². The van der Waals surface area contributed by atoms with Crippen molar-refractivity contribution in [1.29, 1.82) is 0 Å². The van der Waals surface area contributed by atoms with Gasteiger partial charge in [0, 0.05) is 9.17 Å². The maximum Gasteiger partial charge on any atom is 2.00 e. The monoisotopic (exact) mass is 127 g/mol. The standard InChI is InChI=1S/O3Si.V/c1-4(2)3;/q-2;+2. The molecule has 27 valence electrons. The van der Waals surface area contributed by atoms with E-state index in [0.29, 0.717) is 0 Å². The van der Waals surface area contributed by atoms with Crippen LogP contribution in [0.4, 0.5) is 0 Å². The molecule has 0 bridgehead atoms. The molecule has 0 aliphatic carbocycles. The van der Waals surface area contributed by atoms with Crippen molar-refractivity contribution in [2.45, 2.75) is 0 Å². The van der Waals surface area contributed by atoms with E-state index in [1.54, 1.807) is 0 Å². The summed E-state index contributed by atoms with van der Waals surface area (Å²) in [4.78, 5) is 17.0. The summed E-state index contributed by atoms with van der Waals surface area (Å²) < 4.78 is 8.52. The number of hydrogen-bond acceptors (Lipinski definition) is 3. The Labute approximate surface area is 42.4 Å². The summed E-state index contributed by atoms with van der Waals surface area (Å²) in [5, 5.41) is 0. The van der Waals surface area contributed by atoms with Gasteiger partial charge in [-0.15, -0.1) is 0 Å². The van der Waals surface area contributed by atoms with Crippen LogP contribution in [0.25, 0.3) is 0 Å². The van der Waals surface area contributed by atoms with Crippen molar-refractivity contribution in [3.63, 3.8) is 0 Å². The molecule has 0 aliphatic rings. The van der Waals surface area contributed by atoms with Crippen LogP contribution in [0, 0.1) is 0 Å². The molecule has 3 nitrogen and oxygen atoms in total. The van der Waals surface area contributed by atoms with E-state index in [1.807, 2.05) is 0 Å². The second-order valence-corrected chi connectivity index (χ2v) is 0.750. The molecule has 0 aromatic carbocycles. The third-order valence-electron chi connectivity index (χ3n) is 0. The third-order valence-corrected chi connectivity index (χ3v) is 0. The van der Waals surface area contributed by atoms with Crippen LogP contribution in [0.5, 0.6) is 0 Å². The minimum absolute atomic E-state index is 0. The molecule has 0 unspecified atom stereocenters. The van der Waals surface area contributed by atoms with Gasteiger partial charge in [-0.1, -0.05) is 0 Å². The fourth-order valence-electron chi connectivity index (χ4n) is 0. The Morgan fingerprint density at radius 2 is 1.40 bits per heavy atom. The largest absolute Gasteiger partial charge is 2.00 e. The van der Waals surface area contributed by atoms with Gasteiger partial charge in [0.15, 0.2) is 0 Å². The Balaban J connectivity index is 0. The predicted octanol–water partition coefficient (Wildman–Crippen LogP) is -2.88. The van der Waals surface area contributed by atoms with Gasteiger partial charge in [-0.25, -0.2) is 0 Å². The Kier molecular flexibility index (Phi) is 7.53. The van der Waals surface area contributed by atoms with E-state index in [9.17, 15) is 0 Å². The van der Waals surface area contributed by atoms with Crippen LogP contribution in [0.2, 0.25) is 0 Å². The van der Waals surface area contributed by atoms with Crippen molar-refractivity contribution in [1.82, 2.24) is 0 Å². The van der Waals surface area contributed by atoms with E-state index < -0.39 is 9.17 Å². The predicted molar refractivity (Wildman–Crippen MR) is 6.44 cm³/mol. The molecular weight excluding hydrogens is 127 g/mol. The average molecular weight is 127 g/mol. The quantitative estimate of drug-likeness (QED) is 0.328. The van der Waals surface area contributed by atoms with Gasteiger partial charge in [-0.2, -0.15) is 0 Å². The Bertz CT molecular complexity index is 29.9. The van der Waals surface area contributed by atoms with Crippen LogP contribution in [0.1, 0.15) is 0 Å². The molecule has 1 radical (unpaired) electrons. The molecular formula is O3SiV. The van der Waals surface area contributed by atoms with Crippen molar-refractivity contribution in [2.75, 3.05) is 0 Å². The fraction of sp³-hybridized carbons (Fsp3) is 0. The first-order valence-corrected chi connectivity index (χ1v) is 1.84. The molecule has 0 spiro atoms. The van der Waals surface area contributed by atoms with Gasteiger partial charge in [-0.3, -0.25) is 0 Å². The zero-order valence-electron chi connectivity index (χ0n) is 2.17. The van der Waals surface area contributed by atoms with E-state index >= 15 is 0 Å². The summed E-state index contributed by atoms with van der Waals surface area (Å²) in [7, 11) is -3.63. The summed E-state index contributed by atoms with van der Waals surface area (Å²) in [5.74, 6) is 0. The second kappa shape index (κ2) is 4.20. The molecule has 5 heteroatoms. The summed E-state index contributed by atoms with van der Waals surface area (Å²) in [6, 6.07) is 0. The SMILES string of the molecule is O=[Si]([O-])[O-].[V+2]. The molecule has 0 aromatic rings. The molecule has 0 amide bonds. The van der Waals surface area contributed by atoms with E-state index in [-0.39, 0.29) is 18.6 Å². The van der Waals surface area contributed by atoms with E-state index in [0.717, 1.165) is 0 Å². The number of rotatable bonds is 0. The maximum atomic E-state index is 8.52. The van der Waals surface area contributed by atoms with Crippen LogP contribution in [0.15, 0.2) is 0 Å². The van der Waals surface area contributed by atoms with Crippen molar-refractivity contribution < 1.29 is 32.6 Å². The van der Waals surface area contributed by atoms with Crippen molar-refractivity contribution in [3.8, 4) is 0 Å². The average Bonchev–Trinajstić information content (AvgIpc) is 0.811. The zero-order valence-corrected chi connectivity index (χ0v) is 4.57. The molecule has 0 aliphatic heterocycles. The van der Waals surface area contributed by atoms with Gasteiger partial charge in [0.05, 0.1) is 0 Å². The van der Waals surface area contributed by atoms with E-state index in [1.165, 1.54) is 0 Å². The molecule has 0 N–H and O–H groups in total. The van der Waals surface area contributed by atoms with Crippen molar-refractivity contribution in [3.05, 3.63) is 0 Å². The van der Waals surface area contributed by atoms with Gasteiger partial charge < -0.3 is 14.1 Å².